The fourth-order valence-electron chi connectivity index (χ4n) is 3.21. The fraction of sp³-hybridized carbons (Fsp3) is 0.625. The van der Waals surface area contributed by atoms with Crippen LogP contribution in [-0.2, 0) is 4.74 Å². The number of halogens is 1. The van der Waals surface area contributed by atoms with Crippen LogP contribution in [0.2, 0.25) is 0 Å². The van der Waals surface area contributed by atoms with Crippen LogP contribution >= 0.6 is 15.9 Å². The average Bonchev–Trinajstić information content (AvgIpc) is 2.95. The molecule has 1 aromatic rings. The largest absolute Gasteiger partial charge is 0.444 e. The first-order valence-corrected chi connectivity index (χ1v) is 8.45. The van der Waals surface area contributed by atoms with E-state index in [1.54, 1.807) is 0 Å². The minimum Gasteiger partial charge on any atom is -0.444 e. The summed E-state index contributed by atoms with van der Waals surface area (Å²) in [5.41, 5.74) is -0.428. The normalized spacial score (nSPS) is 24.5. The van der Waals surface area contributed by atoms with E-state index in [1.165, 1.54) is 0 Å². The zero-order valence-corrected chi connectivity index (χ0v) is 14.8. The molecular formula is C16H22BrN3O2. The maximum Gasteiger partial charge on any atom is 0.410 e. The topological polar surface area (TPSA) is 45.7 Å². The molecule has 2 saturated heterocycles. The smallest absolute Gasteiger partial charge is 0.410 e. The van der Waals surface area contributed by atoms with Crippen LogP contribution < -0.4 is 4.90 Å². The third-order valence-electron chi connectivity index (χ3n) is 4.17. The maximum atomic E-state index is 12.2. The molecule has 0 radical (unpaired) electrons. The van der Waals surface area contributed by atoms with E-state index >= 15 is 0 Å². The molecular weight excluding hydrogens is 346 g/mol. The zero-order valence-electron chi connectivity index (χ0n) is 13.3. The second kappa shape index (κ2) is 5.72. The Morgan fingerprint density at radius 1 is 1.23 bits per heavy atom. The van der Waals surface area contributed by atoms with Gasteiger partial charge in [0.05, 0.1) is 0 Å². The highest BCUT2D eigenvalue weighted by Gasteiger charge is 2.43. The van der Waals surface area contributed by atoms with Crippen LogP contribution in [0.4, 0.5) is 10.6 Å². The first-order chi connectivity index (χ1) is 10.3. The average molecular weight is 368 g/mol. The molecule has 1 aromatic heterocycles. The van der Waals surface area contributed by atoms with Crippen LogP contribution in [-0.4, -0.2) is 47.8 Å². The number of nitrogens with zero attached hydrogens (tertiary/aromatic N) is 3. The molecule has 0 saturated carbocycles. The summed E-state index contributed by atoms with van der Waals surface area (Å²) in [5, 5.41) is 0. The number of rotatable bonds is 1. The van der Waals surface area contributed by atoms with Crippen LogP contribution in [0.5, 0.6) is 0 Å². The molecule has 3 rings (SSSR count). The lowest BCUT2D eigenvalue weighted by Crippen LogP contribution is -2.37. The van der Waals surface area contributed by atoms with Gasteiger partial charge < -0.3 is 14.5 Å². The Labute approximate surface area is 139 Å². The Morgan fingerprint density at radius 3 is 2.36 bits per heavy atom. The summed E-state index contributed by atoms with van der Waals surface area (Å²) >= 11 is 3.41. The van der Waals surface area contributed by atoms with Gasteiger partial charge in [-0.25, -0.2) is 9.78 Å². The van der Waals surface area contributed by atoms with Crippen molar-refractivity contribution in [1.82, 2.24) is 9.88 Å². The van der Waals surface area contributed by atoms with Crippen molar-refractivity contribution in [3.05, 3.63) is 22.8 Å². The number of aromatic nitrogens is 1. The number of carbonyl (C=O) groups is 1. The highest BCUT2D eigenvalue weighted by molar-refractivity contribution is 9.10. The first kappa shape index (κ1) is 15.6. The summed E-state index contributed by atoms with van der Waals surface area (Å²) in [5.74, 6) is 2.04. The molecule has 0 aliphatic carbocycles. The van der Waals surface area contributed by atoms with E-state index in [9.17, 15) is 4.79 Å². The van der Waals surface area contributed by atoms with E-state index < -0.39 is 5.60 Å². The second-order valence-electron chi connectivity index (χ2n) is 7.15. The maximum absolute atomic E-state index is 12.2. The Hall–Kier alpha value is -1.30. The monoisotopic (exact) mass is 367 g/mol. The number of pyridine rings is 1. The molecule has 0 spiro atoms. The quantitative estimate of drug-likeness (QED) is 0.764. The molecule has 2 aliphatic rings. The van der Waals surface area contributed by atoms with Crippen LogP contribution in [0.1, 0.15) is 20.8 Å². The predicted molar refractivity (Wildman–Crippen MR) is 88.9 cm³/mol. The van der Waals surface area contributed by atoms with Crippen molar-refractivity contribution >= 4 is 27.8 Å². The van der Waals surface area contributed by atoms with Crippen molar-refractivity contribution in [2.24, 2.45) is 11.8 Å². The molecule has 22 heavy (non-hydrogen) atoms. The third kappa shape index (κ3) is 3.37. The van der Waals surface area contributed by atoms with Gasteiger partial charge in [-0.3, -0.25) is 0 Å². The Morgan fingerprint density at radius 2 is 1.86 bits per heavy atom. The van der Waals surface area contributed by atoms with E-state index in [0.29, 0.717) is 11.8 Å². The number of hydrogen-bond donors (Lipinski definition) is 0. The number of carbonyl (C=O) groups excluding carboxylic acids is 1. The van der Waals surface area contributed by atoms with Crippen LogP contribution in [0.15, 0.2) is 22.8 Å². The van der Waals surface area contributed by atoms with E-state index in [2.05, 4.69) is 25.8 Å². The summed E-state index contributed by atoms with van der Waals surface area (Å²) in [6.07, 6.45) is 1.64. The number of anilines is 1. The highest BCUT2D eigenvalue weighted by atomic mass is 79.9. The molecule has 0 N–H and O–H groups in total. The predicted octanol–water partition coefficient (Wildman–Crippen LogP) is 3.15. The highest BCUT2D eigenvalue weighted by Crippen LogP contribution is 2.34. The van der Waals surface area contributed by atoms with Crippen LogP contribution in [0.25, 0.3) is 0 Å². The van der Waals surface area contributed by atoms with Crippen LogP contribution in [0.3, 0.4) is 0 Å². The van der Waals surface area contributed by atoms with Gasteiger partial charge in [0.2, 0.25) is 0 Å². The van der Waals surface area contributed by atoms with Gasteiger partial charge in [0.15, 0.2) is 0 Å². The van der Waals surface area contributed by atoms with E-state index in [4.69, 9.17) is 4.74 Å². The van der Waals surface area contributed by atoms with Gasteiger partial charge in [0, 0.05) is 48.7 Å². The molecule has 1 amide bonds. The molecule has 0 bridgehead atoms. The minimum absolute atomic E-state index is 0.185. The van der Waals surface area contributed by atoms with Gasteiger partial charge in [-0.2, -0.15) is 0 Å². The molecule has 2 atom stereocenters. The van der Waals surface area contributed by atoms with E-state index in [0.717, 1.165) is 36.5 Å². The number of hydrogen-bond acceptors (Lipinski definition) is 4. The first-order valence-electron chi connectivity index (χ1n) is 7.66. The Kier molecular flexibility index (Phi) is 4.05. The lowest BCUT2D eigenvalue weighted by molar-refractivity contribution is 0.0282. The van der Waals surface area contributed by atoms with E-state index in [1.807, 2.05) is 44.0 Å². The molecule has 0 aromatic carbocycles. The summed E-state index contributed by atoms with van der Waals surface area (Å²) in [7, 11) is 0. The molecule has 6 heteroatoms. The molecule has 5 nitrogen and oxygen atoms in total. The minimum atomic E-state index is -0.428. The Balaban J connectivity index is 1.58. The number of amides is 1. The van der Waals surface area contributed by atoms with Gasteiger partial charge in [0.25, 0.3) is 0 Å². The van der Waals surface area contributed by atoms with Crippen LogP contribution in [0, 0.1) is 11.8 Å². The summed E-state index contributed by atoms with van der Waals surface area (Å²) in [6.45, 7) is 9.20. The molecule has 120 valence electrons. The standard InChI is InChI=1S/C16H22BrN3O2/c1-16(2,3)22-15(21)20-9-11-7-19(8-12(11)10-20)14-5-4-13(17)6-18-14/h4-6,11-12H,7-10H2,1-3H3. The molecule has 2 unspecified atom stereocenters. The van der Waals surface area contributed by atoms with Gasteiger partial charge in [-0.05, 0) is 48.8 Å². The van der Waals surface area contributed by atoms with Crippen molar-refractivity contribution < 1.29 is 9.53 Å². The van der Waals surface area contributed by atoms with E-state index in [-0.39, 0.29) is 6.09 Å². The Bertz CT molecular complexity index is 542. The second-order valence-corrected chi connectivity index (χ2v) is 8.06. The lowest BCUT2D eigenvalue weighted by Gasteiger charge is -2.26. The summed E-state index contributed by atoms with van der Waals surface area (Å²) < 4.78 is 6.46. The van der Waals surface area contributed by atoms with Crippen molar-refractivity contribution in [3.63, 3.8) is 0 Å². The number of likely N-dealkylation sites (tertiary alicyclic amines) is 1. The third-order valence-corrected chi connectivity index (χ3v) is 4.64. The lowest BCUT2D eigenvalue weighted by atomic mass is 10.0. The zero-order chi connectivity index (χ0) is 15.9. The molecule has 2 aliphatic heterocycles. The van der Waals surface area contributed by atoms with Gasteiger partial charge in [-0.15, -0.1) is 0 Å². The molecule has 3 heterocycles. The summed E-state index contributed by atoms with van der Waals surface area (Å²) in [4.78, 5) is 20.8. The number of fused-ring (bicyclic) bond motifs is 1. The van der Waals surface area contributed by atoms with Crippen molar-refractivity contribution in [2.75, 3.05) is 31.1 Å². The van der Waals surface area contributed by atoms with Crippen molar-refractivity contribution in [2.45, 2.75) is 26.4 Å². The fourth-order valence-corrected chi connectivity index (χ4v) is 3.45. The van der Waals surface area contributed by atoms with Gasteiger partial charge in [0.1, 0.15) is 11.4 Å². The number of ether oxygens (including phenoxy) is 1. The molecule has 2 fully saturated rings. The van der Waals surface area contributed by atoms with Gasteiger partial charge >= 0.3 is 6.09 Å². The van der Waals surface area contributed by atoms with Crippen molar-refractivity contribution in [3.8, 4) is 0 Å². The summed E-state index contributed by atoms with van der Waals surface area (Å²) in [6, 6.07) is 4.06. The van der Waals surface area contributed by atoms with Gasteiger partial charge in [-0.1, -0.05) is 0 Å². The van der Waals surface area contributed by atoms with Crippen molar-refractivity contribution in [1.29, 1.82) is 0 Å². The SMILES string of the molecule is CC(C)(C)OC(=O)N1CC2CN(c3ccc(Br)cn3)CC2C1.